The van der Waals surface area contributed by atoms with Gasteiger partial charge in [-0.15, -0.1) is 0 Å². The van der Waals surface area contributed by atoms with E-state index in [9.17, 15) is 0 Å². The SMILES string of the molecule is Cc1ccc(C)c(O)c1.[H-].[Li+]. The molecule has 0 aliphatic heterocycles. The third-order valence-corrected chi connectivity index (χ3v) is 1.36. The van der Waals surface area contributed by atoms with Crippen molar-refractivity contribution in [1.82, 2.24) is 0 Å². The molecular weight excluding hydrogens is 119 g/mol. The van der Waals surface area contributed by atoms with Gasteiger partial charge in [0, 0.05) is 0 Å². The molecule has 1 aromatic carbocycles. The first-order chi connectivity index (χ1) is 4.20. The average Bonchev–Trinajstić information content (AvgIpc) is 1.80. The fourth-order valence-corrected chi connectivity index (χ4v) is 0.719. The molecule has 2 heteroatoms. The maximum atomic E-state index is 9.10. The molecule has 0 radical (unpaired) electrons. The molecule has 0 spiro atoms. The topological polar surface area (TPSA) is 20.2 Å². The van der Waals surface area contributed by atoms with Crippen LogP contribution in [0.1, 0.15) is 12.6 Å². The summed E-state index contributed by atoms with van der Waals surface area (Å²) in [6, 6.07) is 5.65. The van der Waals surface area contributed by atoms with Crippen molar-refractivity contribution in [2.45, 2.75) is 13.8 Å². The Morgan fingerprint density at radius 1 is 1.30 bits per heavy atom. The summed E-state index contributed by atoms with van der Waals surface area (Å²) in [5, 5.41) is 9.10. The second kappa shape index (κ2) is 3.70. The van der Waals surface area contributed by atoms with Crippen molar-refractivity contribution >= 4 is 0 Å². The standard InChI is InChI=1S/C8H10O.Li.H/c1-6-3-4-7(2)8(9)5-6;;/h3-5,9H,1-2H3;;/q;+1;-1. The van der Waals surface area contributed by atoms with Crippen LogP contribution in [0.3, 0.4) is 0 Å². The summed E-state index contributed by atoms with van der Waals surface area (Å²) in [6.45, 7) is 3.84. The Morgan fingerprint density at radius 3 is 2.30 bits per heavy atom. The quantitative estimate of drug-likeness (QED) is 0.452. The van der Waals surface area contributed by atoms with Crippen molar-refractivity contribution in [3.63, 3.8) is 0 Å². The zero-order chi connectivity index (χ0) is 6.85. The molecule has 0 atom stereocenters. The second-order valence-corrected chi connectivity index (χ2v) is 2.29. The maximum absolute atomic E-state index is 9.10. The van der Waals surface area contributed by atoms with Gasteiger partial charge < -0.3 is 6.53 Å². The van der Waals surface area contributed by atoms with Gasteiger partial charge >= 0.3 is 18.9 Å². The average molecular weight is 130 g/mol. The van der Waals surface area contributed by atoms with E-state index >= 15 is 0 Å². The molecule has 10 heavy (non-hydrogen) atoms. The summed E-state index contributed by atoms with van der Waals surface area (Å²) in [6.07, 6.45) is 0. The Kier molecular flexibility index (Phi) is 3.56. The Bertz CT molecular complexity index is 225. The number of aromatic hydroxyl groups is 1. The first-order valence-corrected chi connectivity index (χ1v) is 2.96. The van der Waals surface area contributed by atoms with Gasteiger partial charge in [-0.2, -0.15) is 0 Å². The van der Waals surface area contributed by atoms with Crippen LogP contribution in [0.15, 0.2) is 18.2 Å². The number of aryl methyl sites for hydroxylation is 2. The Hall–Kier alpha value is -0.383. The monoisotopic (exact) mass is 130 g/mol. The van der Waals surface area contributed by atoms with Gasteiger partial charge in [0.2, 0.25) is 0 Å². The van der Waals surface area contributed by atoms with Crippen LogP contribution >= 0.6 is 0 Å². The van der Waals surface area contributed by atoms with Gasteiger partial charge in [-0.3, -0.25) is 0 Å². The van der Waals surface area contributed by atoms with Crippen LogP contribution in [0.4, 0.5) is 0 Å². The van der Waals surface area contributed by atoms with Crippen LogP contribution < -0.4 is 18.9 Å². The molecule has 0 bridgehead atoms. The van der Waals surface area contributed by atoms with Gasteiger partial charge in [0.05, 0.1) is 0 Å². The largest absolute Gasteiger partial charge is 1.00 e. The number of rotatable bonds is 0. The molecule has 0 aliphatic carbocycles. The molecule has 0 saturated heterocycles. The summed E-state index contributed by atoms with van der Waals surface area (Å²) >= 11 is 0. The van der Waals surface area contributed by atoms with Crippen LogP contribution in [-0.4, -0.2) is 5.11 Å². The maximum Gasteiger partial charge on any atom is 1.00 e. The van der Waals surface area contributed by atoms with Crippen molar-refractivity contribution in [1.29, 1.82) is 0 Å². The first kappa shape index (κ1) is 9.62. The molecule has 1 aromatic rings. The fourth-order valence-electron chi connectivity index (χ4n) is 0.719. The summed E-state index contributed by atoms with van der Waals surface area (Å²) in [5.41, 5.74) is 2.03. The molecule has 1 rings (SSSR count). The molecule has 0 unspecified atom stereocenters. The normalized spacial score (nSPS) is 8.60. The van der Waals surface area contributed by atoms with Crippen LogP contribution in [-0.2, 0) is 0 Å². The van der Waals surface area contributed by atoms with E-state index in [0.29, 0.717) is 5.75 Å². The van der Waals surface area contributed by atoms with Crippen molar-refractivity contribution in [2.75, 3.05) is 0 Å². The second-order valence-electron chi connectivity index (χ2n) is 2.29. The van der Waals surface area contributed by atoms with Gasteiger partial charge in [-0.25, -0.2) is 0 Å². The van der Waals surface area contributed by atoms with E-state index in [-0.39, 0.29) is 20.3 Å². The summed E-state index contributed by atoms with van der Waals surface area (Å²) in [5.74, 6) is 0.384. The van der Waals surface area contributed by atoms with Crippen molar-refractivity contribution in [3.8, 4) is 5.75 Å². The van der Waals surface area contributed by atoms with Gasteiger partial charge in [0.15, 0.2) is 0 Å². The number of benzene rings is 1. The molecular formula is C8H11LiO. The van der Waals surface area contributed by atoms with Crippen LogP contribution in [0.2, 0.25) is 0 Å². The van der Waals surface area contributed by atoms with E-state index in [2.05, 4.69) is 0 Å². The van der Waals surface area contributed by atoms with E-state index in [1.165, 1.54) is 0 Å². The molecule has 50 valence electrons. The predicted octanol–water partition coefficient (Wildman–Crippen LogP) is -0.874. The predicted molar refractivity (Wildman–Crippen MR) is 38.7 cm³/mol. The van der Waals surface area contributed by atoms with Gasteiger partial charge in [-0.05, 0) is 31.0 Å². The van der Waals surface area contributed by atoms with E-state index in [4.69, 9.17) is 5.11 Å². The number of phenolic OH excluding ortho intramolecular Hbond substituents is 1. The van der Waals surface area contributed by atoms with E-state index in [1.54, 1.807) is 6.07 Å². The zero-order valence-corrected chi connectivity index (χ0v) is 6.68. The minimum Gasteiger partial charge on any atom is -1.00 e. The van der Waals surface area contributed by atoms with Crippen molar-refractivity contribution in [3.05, 3.63) is 29.3 Å². The van der Waals surface area contributed by atoms with E-state index in [1.807, 2.05) is 26.0 Å². The summed E-state index contributed by atoms with van der Waals surface area (Å²) in [7, 11) is 0. The molecule has 0 aromatic heterocycles. The fraction of sp³-hybridized carbons (Fsp3) is 0.250. The number of phenols is 1. The molecule has 0 aliphatic rings. The molecule has 0 fully saturated rings. The van der Waals surface area contributed by atoms with Gasteiger partial charge in [0.1, 0.15) is 5.75 Å². The summed E-state index contributed by atoms with van der Waals surface area (Å²) in [4.78, 5) is 0. The van der Waals surface area contributed by atoms with Crippen LogP contribution in [0, 0.1) is 13.8 Å². The molecule has 1 N–H and O–H groups in total. The Balaban J connectivity index is 0. The van der Waals surface area contributed by atoms with E-state index in [0.717, 1.165) is 11.1 Å². The zero-order valence-electron chi connectivity index (χ0n) is 7.68. The van der Waals surface area contributed by atoms with Crippen molar-refractivity contribution in [2.24, 2.45) is 0 Å². The van der Waals surface area contributed by atoms with Crippen molar-refractivity contribution < 1.29 is 25.4 Å². The third-order valence-electron chi connectivity index (χ3n) is 1.36. The third kappa shape index (κ3) is 2.10. The smallest absolute Gasteiger partial charge is 1.00 e. The minimum absolute atomic E-state index is 0. The molecule has 0 saturated carbocycles. The van der Waals surface area contributed by atoms with Crippen LogP contribution in [0.5, 0.6) is 5.75 Å². The van der Waals surface area contributed by atoms with Gasteiger partial charge in [0.25, 0.3) is 0 Å². The Labute approximate surface area is 74.7 Å². The Morgan fingerprint density at radius 2 is 1.90 bits per heavy atom. The summed E-state index contributed by atoms with van der Waals surface area (Å²) < 4.78 is 0. The molecule has 0 heterocycles. The number of hydrogen-bond donors (Lipinski definition) is 1. The van der Waals surface area contributed by atoms with Gasteiger partial charge in [-0.1, -0.05) is 12.1 Å². The molecule has 1 nitrogen and oxygen atoms in total. The molecule has 0 amide bonds. The van der Waals surface area contributed by atoms with E-state index < -0.39 is 0 Å². The van der Waals surface area contributed by atoms with Crippen LogP contribution in [0.25, 0.3) is 0 Å². The first-order valence-electron chi connectivity index (χ1n) is 2.96. The number of hydrogen-bond acceptors (Lipinski definition) is 1. The minimum atomic E-state index is 0.